The lowest BCUT2D eigenvalue weighted by Crippen LogP contribution is -2.32. The zero-order valence-corrected chi connectivity index (χ0v) is 16.8. The molecule has 0 radical (unpaired) electrons. The summed E-state index contributed by atoms with van der Waals surface area (Å²) in [6.07, 6.45) is 4.83. The number of Topliss-reactive ketones (excluding diaryl/α,β-unsaturated/α-hetero) is 1. The SMILES string of the molecule is CCCCN1C(=O)C(O)=C(C(=O)c2cc3cccc(OC)c3o2)C1c1ccncc1. The van der Waals surface area contributed by atoms with Crippen LogP contribution in [0.3, 0.4) is 0 Å². The number of carbonyl (C=O) groups excluding carboxylic acids is 2. The molecule has 0 fully saturated rings. The van der Waals surface area contributed by atoms with E-state index in [0.717, 1.165) is 12.8 Å². The number of furan rings is 1. The number of ketones is 1. The van der Waals surface area contributed by atoms with Crippen LogP contribution in [-0.4, -0.2) is 40.3 Å². The van der Waals surface area contributed by atoms with E-state index in [9.17, 15) is 14.7 Å². The summed E-state index contributed by atoms with van der Waals surface area (Å²) in [5, 5.41) is 11.4. The Morgan fingerprint density at radius 3 is 2.73 bits per heavy atom. The molecule has 7 nitrogen and oxygen atoms in total. The molecule has 3 heterocycles. The van der Waals surface area contributed by atoms with Crippen molar-refractivity contribution in [2.75, 3.05) is 13.7 Å². The summed E-state index contributed by atoms with van der Waals surface area (Å²) in [6.45, 7) is 2.44. The van der Waals surface area contributed by atoms with Crippen molar-refractivity contribution in [3.63, 3.8) is 0 Å². The van der Waals surface area contributed by atoms with E-state index in [-0.39, 0.29) is 11.3 Å². The van der Waals surface area contributed by atoms with Gasteiger partial charge in [-0.2, -0.15) is 0 Å². The van der Waals surface area contributed by atoms with Crippen molar-refractivity contribution in [1.29, 1.82) is 0 Å². The van der Waals surface area contributed by atoms with Crippen LogP contribution in [0, 0.1) is 0 Å². The largest absolute Gasteiger partial charge is 0.503 e. The second-order valence-electron chi connectivity index (χ2n) is 7.12. The number of aliphatic hydroxyl groups is 1. The number of unbranched alkanes of at least 4 members (excludes halogenated alkanes) is 1. The van der Waals surface area contributed by atoms with Crippen molar-refractivity contribution >= 4 is 22.7 Å². The van der Waals surface area contributed by atoms with E-state index in [1.54, 1.807) is 48.8 Å². The van der Waals surface area contributed by atoms with Gasteiger partial charge in [-0.25, -0.2) is 0 Å². The number of ether oxygens (including phenoxy) is 1. The third-order valence-corrected chi connectivity index (χ3v) is 5.27. The van der Waals surface area contributed by atoms with E-state index in [1.165, 1.54) is 12.0 Å². The zero-order valence-electron chi connectivity index (χ0n) is 16.8. The smallest absolute Gasteiger partial charge is 0.290 e. The van der Waals surface area contributed by atoms with E-state index < -0.39 is 23.5 Å². The summed E-state index contributed by atoms with van der Waals surface area (Å²) in [7, 11) is 1.52. The number of aromatic nitrogens is 1. The Labute approximate surface area is 173 Å². The summed E-state index contributed by atoms with van der Waals surface area (Å²) < 4.78 is 11.1. The van der Waals surface area contributed by atoms with Gasteiger partial charge in [0.15, 0.2) is 22.9 Å². The fraction of sp³-hybridized carbons (Fsp3) is 0.261. The van der Waals surface area contributed by atoms with Crippen LogP contribution in [0.15, 0.2) is 64.5 Å². The fourth-order valence-electron chi connectivity index (χ4n) is 3.78. The summed E-state index contributed by atoms with van der Waals surface area (Å²) in [5.74, 6) is -1.07. The molecule has 30 heavy (non-hydrogen) atoms. The van der Waals surface area contributed by atoms with Crippen LogP contribution in [0.5, 0.6) is 5.75 Å². The third kappa shape index (κ3) is 3.22. The zero-order chi connectivity index (χ0) is 21.3. The van der Waals surface area contributed by atoms with Gasteiger partial charge in [-0.05, 0) is 36.2 Å². The molecule has 0 bridgehead atoms. The van der Waals surface area contributed by atoms with Gasteiger partial charge < -0.3 is 19.2 Å². The highest BCUT2D eigenvalue weighted by Crippen LogP contribution is 2.40. The molecular weight excluding hydrogens is 384 g/mol. The van der Waals surface area contributed by atoms with Gasteiger partial charge in [-0.15, -0.1) is 0 Å². The minimum Gasteiger partial charge on any atom is -0.503 e. The van der Waals surface area contributed by atoms with Crippen molar-refractivity contribution in [3.05, 3.63) is 71.4 Å². The van der Waals surface area contributed by atoms with Crippen LogP contribution in [-0.2, 0) is 4.79 Å². The first-order chi connectivity index (χ1) is 14.6. The average molecular weight is 406 g/mol. The van der Waals surface area contributed by atoms with E-state index in [4.69, 9.17) is 9.15 Å². The third-order valence-electron chi connectivity index (χ3n) is 5.27. The molecule has 0 saturated heterocycles. The predicted molar refractivity (Wildman–Crippen MR) is 110 cm³/mol. The molecule has 0 aliphatic carbocycles. The Kier molecular flexibility index (Phi) is 5.27. The number of hydrogen-bond donors (Lipinski definition) is 1. The molecule has 1 aliphatic heterocycles. The maximum atomic E-state index is 13.4. The molecular formula is C23H22N2O5. The van der Waals surface area contributed by atoms with Crippen molar-refractivity contribution in [1.82, 2.24) is 9.88 Å². The topological polar surface area (TPSA) is 92.9 Å². The second kappa shape index (κ2) is 8.02. The lowest BCUT2D eigenvalue weighted by atomic mass is 9.95. The summed E-state index contributed by atoms with van der Waals surface area (Å²) >= 11 is 0. The van der Waals surface area contributed by atoms with Gasteiger partial charge in [0.2, 0.25) is 5.78 Å². The minimum absolute atomic E-state index is 0.0142. The number of benzene rings is 1. The van der Waals surface area contributed by atoms with Crippen LogP contribution in [0.2, 0.25) is 0 Å². The molecule has 0 spiro atoms. The first-order valence-corrected chi connectivity index (χ1v) is 9.82. The first kappa shape index (κ1) is 19.7. The lowest BCUT2D eigenvalue weighted by Gasteiger charge is -2.26. The number of fused-ring (bicyclic) bond motifs is 1. The molecule has 1 amide bonds. The maximum absolute atomic E-state index is 13.4. The standard InChI is InChI=1S/C23H22N2O5/c1-3-4-12-25-19(14-8-10-24-11-9-14)18(21(27)23(25)28)20(26)17-13-15-6-5-7-16(29-2)22(15)30-17/h5-11,13,19,27H,3-4,12H2,1-2H3. The van der Waals surface area contributed by atoms with Crippen LogP contribution >= 0.6 is 0 Å². The molecule has 1 aromatic carbocycles. The van der Waals surface area contributed by atoms with E-state index in [0.29, 0.717) is 28.8 Å². The Morgan fingerprint density at radius 2 is 2.03 bits per heavy atom. The number of aliphatic hydroxyl groups excluding tert-OH is 1. The number of para-hydroxylation sites is 1. The molecule has 0 saturated carbocycles. The van der Waals surface area contributed by atoms with Gasteiger partial charge in [0, 0.05) is 24.3 Å². The summed E-state index contributed by atoms with van der Waals surface area (Å²) in [6, 6.07) is 9.72. The maximum Gasteiger partial charge on any atom is 0.290 e. The molecule has 154 valence electrons. The average Bonchev–Trinajstić information content (AvgIpc) is 3.32. The highest BCUT2D eigenvalue weighted by atomic mass is 16.5. The molecule has 1 unspecified atom stereocenters. The van der Waals surface area contributed by atoms with Crippen molar-refractivity contribution in [2.45, 2.75) is 25.8 Å². The van der Waals surface area contributed by atoms with Gasteiger partial charge in [0.05, 0.1) is 18.7 Å². The number of hydrogen-bond acceptors (Lipinski definition) is 6. The van der Waals surface area contributed by atoms with E-state index >= 15 is 0 Å². The van der Waals surface area contributed by atoms with E-state index in [1.807, 2.05) is 6.92 Å². The van der Waals surface area contributed by atoms with Crippen LogP contribution in [0.1, 0.15) is 41.9 Å². The van der Waals surface area contributed by atoms with Crippen LogP contribution in [0.25, 0.3) is 11.0 Å². The molecule has 2 aromatic heterocycles. The van der Waals surface area contributed by atoms with Crippen LogP contribution < -0.4 is 4.74 Å². The van der Waals surface area contributed by atoms with Gasteiger partial charge in [0.1, 0.15) is 0 Å². The Bertz CT molecular complexity index is 1130. The number of carbonyl (C=O) groups is 2. The van der Waals surface area contributed by atoms with E-state index in [2.05, 4.69) is 4.98 Å². The minimum atomic E-state index is -0.699. The number of amides is 1. The van der Waals surface area contributed by atoms with Crippen molar-refractivity contribution in [2.24, 2.45) is 0 Å². The van der Waals surface area contributed by atoms with Gasteiger partial charge in [0.25, 0.3) is 5.91 Å². The van der Waals surface area contributed by atoms with Crippen LogP contribution in [0.4, 0.5) is 0 Å². The lowest BCUT2D eigenvalue weighted by molar-refractivity contribution is -0.129. The first-order valence-electron chi connectivity index (χ1n) is 9.82. The molecule has 1 N–H and O–H groups in total. The second-order valence-corrected chi connectivity index (χ2v) is 7.12. The highest BCUT2D eigenvalue weighted by molar-refractivity contribution is 6.16. The molecule has 7 heteroatoms. The predicted octanol–water partition coefficient (Wildman–Crippen LogP) is 4.21. The summed E-state index contributed by atoms with van der Waals surface area (Å²) in [4.78, 5) is 31.8. The molecule has 1 aliphatic rings. The molecule has 4 rings (SSSR count). The highest BCUT2D eigenvalue weighted by Gasteiger charge is 2.44. The molecule has 1 atom stereocenters. The van der Waals surface area contributed by atoms with Gasteiger partial charge >= 0.3 is 0 Å². The van der Waals surface area contributed by atoms with Gasteiger partial charge in [-0.3, -0.25) is 14.6 Å². The number of rotatable bonds is 7. The number of pyridine rings is 1. The Balaban J connectivity index is 1.80. The summed E-state index contributed by atoms with van der Waals surface area (Å²) in [5.41, 5.74) is 1.16. The number of nitrogens with zero attached hydrogens (tertiary/aromatic N) is 2. The van der Waals surface area contributed by atoms with Crippen molar-refractivity contribution < 1.29 is 23.8 Å². The van der Waals surface area contributed by atoms with Crippen molar-refractivity contribution in [3.8, 4) is 5.75 Å². The Hall–Kier alpha value is -3.61. The fourth-order valence-corrected chi connectivity index (χ4v) is 3.78. The number of methoxy groups -OCH3 is 1. The quantitative estimate of drug-likeness (QED) is 0.591. The monoisotopic (exact) mass is 406 g/mol. The van der Waals surface area contributed by atoms with Gasteiger partial charge in [-0.1, -0.05) is 25.5 Å². The normalized spacial score (nSPS) is 16.5. The Morgan fingerprint density at radius 1 is 1.27 bits per heavy atom. The molecule has 3 aromatic rings.